The van der Waals surface area contributed by atoms with Crippen molar-refractivity contribution in [3.05, 3.63) is 24.1 Å². The molecule has 0 atom stereocenters. The fourth-order valence-corrected chi connectivity index (χ4v) is 1.15. The minimum atomic E-state index is 0.457. The highest BCUT2D eigenvalue weighted by Crippen LogP contribution is 1.97. The molecule has 80 valence electrons. The van der Waals surface area contributed by atoms with Gasteiger partial charge in [-0.15, -0.1) is 5.10 Å². The van der Waals surface area contributed by atoms with E-state index in [-0.39, 0.29) is 0 Å². The highest BCUT2D eigenvalue weighted by atomic mass is 16.5. The summed E-state index contributed by atoms with van der Waals surface area (Å²) in [5, 5.41) is 14.6. The maximum atomic E-state index is 4.86. The number of nitrogens with zero attached hydrogens (tertiary/aromatic N) is 5. The van der Waals surface area contributed by atoms with Gasteiger partial charge in [0, 0.05) is 6.54 Å². The van der Waals surface area contributed by atoms with Crippen LogP contribution in [-0.2, 0) is 13.1 Å². The monoisotopic (exact) mass is 208 g/mol. The predicted octanol–water partition coefficient (Wildman–Crippen LogP) is -0.181. The maximum Gasteiger partial charge on any atom is 0.248 e. The topological polar surface area (TPSA) is 81.7 Å². The predicted molar refractivity (Wildman–Crippen MR) is 50.8 cm³/mol. The van der Waals surface area contributed by atoms with Crippen LogP contribution in [0.5, 0.6) is 0 Å². The summed E-state index contributed by atoms with van der Waals surface area (Å²) in [6.45, 7) is 4.14. The summed E-state index contributed by atoms with van der Waals surface area (Å²) in [6.07, 6.45) is 3.22. The first-order chi connectivity index (χ1) is 7.38. The van der Waals surface area contributed by atoms with Crippen molar-refractivity contribution in [1.29, 1.82) is 0 Å². The molecule has 0 bridgehead atoms. The van der Waals surface area contributed by atoms with Crippen LogP contribution in [0.2, 0.25) is 0 Å². The third kappa shape index (κ3) is 2.59. The standard InChI is InChI=1S/C8H12N6O/c1-2-9-3-7-4-14(13-12-7)5-8-10-6-11-15-8/h4,6,9H,2-3,5H2,1H3. The molecule has 0 radical (unpaired) electrons. The molecule has 7 heteroatoms. The van der Waals surface area contributed by atoms with Crippen LogP contribution < -0.4 is 5.32 Å². The van der Waals surface area contributed by atoms with Crippen LogP contribution >= 0.6 is 0 Å². The first-order valence-electron chi connectivity index (χ1n) is 4.73. The molecule has 0 spiro atoms. The van der Waals surface area contributed by atoms with Crippen LogP contribution in [-0.4, -0.2) is 31.7 Å². The summed E-state index contributed by atoms with van der Waals surface area (Å²) in [6, 6.07) is 0. The lowest BCUT2D eigenvalue weighted by Gasteiger charge is -1.94. The highest BCUT2D eigenvalue weighted by molar-refractivity contribution is 4.92. The average molecular weight is 208 g/mol. The van der Waals surface area contributed by atoms with E-state index in [0.29, 0.717) is 12.4 Å². The van der Waals surface area contributed by atoms with Crippen LogP contribution in [0, 0.1) is 0 Å². The molecule has 0 fully saturated rings. The quantitative estimate of drug-likeness (QED) is 0.734. The zero-order chi connectivity index (χ0) is 10.5. The van der Waals surface area contributed by atoms with Gasteiger partial charge in [0.15, 0.2) is 6.33 Å². The molecule has 0 unspecified atom stereocenters. The van der Waals surface area contributed by atoms with Crippen LogP contribution in [0.15, 0.2) is 17.0 Å². The smallest absolute Gasteiger partial charge is 0.248 e. The van der Waals surface area contributed by atoms with Gasteiger partial charge in [-0.3, -0.25) is 0 Å². The zero-order valence-corrected chi connectivity index (χ0v) is 8.42. The van der Waals surface area contributed by atoms with E-state index in [2.05, 4.69) is 25.8 Å². The maximum absolute atomic E-state index is 4.86. The summed E-state index contributed by atoms with van der Waals surface area (Å²) < 4.78 is 6.53. The van der Waals surface area contributed by atoms with Crippen molar-refractivity contribution in [3.8, 4) is 0 Å². The zero-order valence-electron chi connectivity index (χ0n) is 8.42. The fourth-order valence-electron chi connectivity index (χ4n) is 1.15. The number of nitrogens with one attached hydrogen (secondary N) is 1. The normalized spacial score (nSPS) is 10.7. The minimum Gasteiger partial charge on any atom is -0.338 e. The molecule has 2 heterocycles. The Bertz CT molecular complexity index is 395. The summed E-state index contributed by atoms with van der Waals surface area (Å²) in [5.41, 5.74) is 0.899. The summed E-state index contributed by atoms with van der Waals surface area (Å²) in [4.78, 5) is 3.90. The van der Waals surface area contributed by atoms with E-state index in [1.54, 1.807) is 4.68 Å². The first kappa shape index (κ1) is 9.78. The van der Waals surface area contributed by atoms with E-state index < -0.39 is 0 Å². The summed E-state index contributed by atoms with van der Waals surface area (Å²) in [5.74, 6) is 0.523. The largest absolute Gasteiger partial charge is 0.338 e. The molecule has 2 aromatic rings. The Morgan fingerprint density at radius 1 is 1.53 bits per heavy atom. The summed E-state index contributed by atoms with van der Waals surface area (Å²) in [7, 11) is 0. The van der Waals surface area contributed by atoms with Gasteiger partial charge in [-0.05, 0) is 6.54 Å². The van der Waals surface area contributed by atoms with Gasteiger partial charge in [0.05, 0.1) is 11.9 Å². The number of hydrogen-bond acceptors (Lipinski definition) is 6. The molecule has 7 nitrogen and oxygen atoms in total. The van der Waals surface area contributed by atoms with Crippen LogP contribution in [0.4, 0.5) is 0 Å². The highest BCUT2D eigenvalue weighted by Gasteiger charge is 2.03. The molecule has 0 saturated carbocycles. The van der Waals surface area contributed by atoms with Crippen molar-refractivity contribution in [1.82, 2.24) is 30.5 Å². The Labute approximate surface area is 86.5 Å². The van der Waals surface area contributed by atoms with Gasteiger partial charge in [0.1, 0.15) is 6.54 Å². The van der Waals surface area contributed by atoms with Crippen molar-refractivity contribution in [3.63, 3.8) is 0 Å². The molecule has 0 aliphatic rings. The molecule has 2 rings (SSSR count). The van der Waals surface area contributed by atoms with E-state index in [1.807, 2.05) is 13.1 Å². The molecule has 0 saturated heterocycles. The van der Waals surface area contributed by atoms with Crippen LogP contribution in [0.25, 0.3) is 0 Å². The van der Waals surface area contributed by atoms with Crippen molar-refractivity contribution in [2.24, 2.45) is 0 Å². The second-order valence-corrected chi connectivity index (χ2v) is 3.02. The number of hydrogen-bond donors (Lipinski definition) is 1. The van der Waals surface area contributed by atoms with Gasteiger partial charge < -0.3 is 9.84 Å². The van der Waals surface area contributed by atoms with Crippen LogP contribution in [0.3, 0.4) is 0 Å². The fraction of sp³-hybridized carbons (Fsp3) is 0.500. The number of aromatic nitrogens is 5. The molecular formula is C8H12N6O. The molecule has 0 aromatic carbocycles. The Balaban J connectivity index is 1.95. The lowest BCUT2D eigenvalue weighted by molar-refractivity contribution is 0.363. The molecule has 1 N–H and O–H groups in total. The average Bonchev–Trinajstić information content (AvgIpc) is 2.87. The van der Waals surface area contributed by atoms with Gasteiger partial charge in [-0.2, -0.15) is 4.98 Å². The van der Waals surface area contributed by atoms with Gasteiger partial charge >= 0.3 is 0 Å². The van der Waals surface area contributed by atoms with E-state index >= 15 is 0 Å². The van der Waals surface area contributed by atoms with E-state index in [0.717, 1.165) is 18.8 Å². The molecular weight excluding hydrogens is 196 g/mol. The molecule has 0 amide bonds. The lowest BCUT2D eigenvalue weighted by Crippen LogP contribution is -2.11. The van der Waals surface area contributed by atoms with Crippen molar-refractivity contribution in [2.45, 2.75) is 20.0 Å². The van der Waals surface area contributed by atoms with E-state index in [9.17, 15) is 0 Å². The van der Waals surface area contributed by atoms with Gasteiger partial charge in [-0.25, -0.2) is 4.68 Å². The Kier molecular flexibility index (Phi) is 3.03. The summed E-state index contributed by atoms with van der Waals surface area (Å²) >= 11 is 0. The SMILES string of the molecule is CCNCc1cn(Cc2ncno2)nn1. The third-order valence-electron chi connectivity index (χ3n) is 1.85. The van der Waals surface area contributed by atoms with Crippen molar-refractivity contribution in [2.75, 3.05) is 6.54 Å². The van der Waals surface area contributed by atoms with Gasteiger partial charge in [0.2, 0.25) is 5.89 Å². The van der Waals surface area contributed by atoms with Crippen molar-refractivity contribution < 1.29 is 4.52 Å². The molecule has 2 aromatic heterocycles. The van der Waals surface area contributed by atoms with E-state index in [1.165, 1.54) is 6.33 Å². The Hall–Kier alpha value is -1.76. The lowest BCUT2D eigenvalue weighted by atomic mass is 10.4. The number of rotatable bonds is 5. The Morgan fingerprint density at radius 2 is 2.47 bits per heavy atom. The van der Waals surface area contributed by atoms with Crippen molar-refractivity contribution >= 4 is 0 Å². The van der Waals surface area contributed by atoms with Gasteiger partial charge in [-0.1, -0.05) is 17.3 Å². The van der Waals surface area contributed by atoms with Crippen LogP contribution in [0.1, 0.15) is 18.5 Å². The van der Waals surface area contributed by atoms with Gasteiger partial charge in [0.25, 0.3) is 0 Å². The molecule has 15 heavy (non-hydrogen) atoms. The molecule has 0 aliphatic carbocycles. The van der Waals surface area contributed by atoms with E-state index in [4.69, 9.17) is 4.52 Å². The third-order valence-corrected chi connectivity index (χ3v) is 1.85. The minimum absolute atomic E-state index is 0.457. The second-order valence-electron chi connectivity index (χ2n) is 3.02. The second kappa shape index (κ2) is 4.65. The molecule has 0 aliphatic heterocycles. The Morgan fingerprint density at radius 3 is 3.20 bits per heavy atom. The first-order valence-corrected chi connectivity index (χ1v) is 4.73.